The molecule has 0 aliphatic carbocycles. The van der Waals surface area contributed by atoms with Crippen LogP contribution in [-0.4, -0.2) is 37.5 Å². The Morgan fingerprint density at radius 3 is 2.81 bits per heavy atom. The maximum atomic E-state index is 12.5. The SMILES string of the molecule is COc1cccc(SCC(=O)NC2(Cc3ccc(Cl)cc3)CCOC2)c1. The van der Waals surface area contributed by atoms with Gasteiger partial charge in [-0.25, -0.2) is 0 Å². The molecule has 1 aliphatic heterocycles. The average molecular weight is 392 g/mol. The number of halogens is 1. The van der Waals surface area contributed by atoms with E-state index in [4.69, 9.17) is 21.1 Å². The van der Waals surface area contributed by atoms with Gasteiger partial charge in [0.05, 0.1) is 25.0 Å². The molecular weight excluding hydrogens is 370 g/mol. The zero-order chi connectivity index (χ0) is 18.4. The van der Waals surface area contributed by atoms with Gasteiger partial charge in [-0.15, -0.1) is 11.8 Å². The molecule has 1 fully saturated rings. The summed E-state index contributed by atoms with van der Waals surface area (Å²) in [4.78, 5) is 13.5. The van der Waals surface area contributed by atoms with Gasteiger partial charge in [0.2, 0.25) is 5.91 Å². The highest BCUT2D eigenvalue weighted by Gasteiger charge is 2.36. The summed E-state index contributed by atoms with van der Waals surface area (Å²) < 4.78 is 10.8. The quantitative estimate of drug-likeness (QED) is 0.726. The van der Waals surface area contributed by atoms with Crippen LogP contribution in [0.1, 0.15) is 12.0 Å². The van der Waals surface area contributed by atoms with E-state index in [-0.39, 0.29) is 11.4 Å². The van der Waals surface area contributed by atoms with Crippen LogP contribution in [0.4, 0.5) is 0 Å². The van der Waals surface area contributed by atoms with E-state index in [1.807, 2.05) is 48.5 Å². The molecule has 1 unspecified atom stereocenters. The Bertz CT molecular complexity index is 745. The van der Waals surface area contributed by atoms with E-state index in [1.54, 1.807) is 7.11 Å². The van der Waals surface area contributed by atoms with E-state index in [1.165, 1.54) is 11.8 Å². The van der Waals surface area contributed by atoms with Crippen LogP contribution in [-0.2, 0) is 16.0 Å². The monoisotopic (exact) mass is 391 g/mol. The van der Waals surface area contributed by atoms with Crippen LogP contribution in [0.5, 0.6) is 5.75 Å². The predicted molar refractivity (Wildman–Crippen MR) is 105 cm³/mol. The molecule has 1 saturated heterocycles. The third-order valence-electron chi connectivity index (χ3n) is 4.37. The van der Waals surface area contributed by atoms with Gasteiger partial charge in [0.25, 0.3) is 0 Å². The fraction of sp³-hybridized carbons (Fsp3) is 0.350. The minimum absolute atomic E-state index is 0.0114. The van der Waals surface area contributed by atoms with Crippen molar-refractivity contribution in [3.8, 4) is 5.75 Å². The summed E-state index contributed by atoms with van der Waals surface area (Å²) in [6.45, 7) is 1.20. The Balaban J connectivity index is 1.60. The van der Waals surface area contributed by atoms with Crippen LogP contribution >= 0.6 is 23.4 Å². The first-order valence-corrected chi connectivity index (χ1v) is 9.85. The summed E-state index contributed by atoms with van der Waals surface area (Å²) in [7, 11) is 1.64. The van der Waals surface area contributed by atoms with Crippen molar-refractivity contribution in [2.24, 2.45) is 0 Å². The highest BCUT2D eigenvalue weighted by atomic mass is 35.5. The Morgan fingerprint density at radius 2 is 2.12 bits per heavy atom. The Kier molecular flexibility index (Phi) is 6.46. The third kappa shape index (κ3) is 5.16. The molecule has 1 aliphatic rings. The molecule has 1 heterocycles. The lowest BCUT2D eigenvalue weighted by Crippen LogP contribution is -2.51. The van der Waals surface area contributed by atoms with Crippen LogP contribution < -0.4 is 10.1 Å². The number of hydrogen-bond donors (Lipinski definition) is 1. The zero-order valence-corrected chi connectivity index (χ0v) is 16.2. The summed E-state index contributed by atoms with van der Waals surface area (Å²) in [5, 5.41) is 3.92. The van der Waals surface area contributed by atoms with E-state index in [2.05, 4.69) is 5.32 Å². The Hall–Kier alpha value is -1.69. The van der Waals surface area contributed by atoms with Gasteiger partial charge in [-0.2, -0.15) is 0 Å². The van der Waals surface area contributed by atoms with Crippen LogP contribution in [0, 0.1) is 0 Å². The van der Waals surface area contributed by atoms with Gasteiger partial charge in [0, 0.05) is 16.5 Å². The number of rotatable bonds is 7. The zero-order valence-electron chi connectivity index (χ0n) is 14.7. The van der Waals surface area contributed by atoms with Crippen molar-refractivity contribution in [1.82, 2.24) is 5.32 Å². The highest BCUT2D eigenvalue weighted by molar-refractivity contribution is 8.00. The maximum absolute atomic E-state index is 12.5. The molecule has 2 aromatic rings. The summed E-state index contributed by atoms with van der Waals surface area (Å²) in [5.41, 5.74) is 0.792. The number of carbonyl (C=O) groups excluding carboxylic acids is 1. The Morgan fingerprint density at radius 1 is 1.31 bits per heavy atom. The molecule has 6 heteroatoms. The van der Waals surface area contributed by atoms with Crippen molar-refractivity contribution < 1.29 is 14.3 Å². The first kappa shape index (κ1) is 19.1. The van der Waals surface area contributed by atoms with Gasteiger partial charge in [0.1, 0.15) is 5.75 Å². The van der Waals surface area contributed by atoms with E-state index in [0.717, 1.165) is 29.1 Å². The lowest BCUT2D eigenvalue weighted by atomic mass is 9.90. The molecule has 138 valence electrons. The highest BCUT2D eigenvalue weighted by Crippen LogP contribution is 2.26. The van der Waals surface area contributed by atoms with E-state index in [0.29, 0.717) is 24.0 Å². The van der Waals surface area contributed by atoms with E-state index in [9.17, 15) is 4.79 Å². The fourth-order valence-electron chi connectivity index (χ4n) is 3.05. The van der Waals surface area contributed by atoms with Gasteiger partial charge >= 0.3 is 0 Å². The second-order valence-corrected chi connectivity index (χ2v) is 7.89. The minimum atomic E-state index is -0.347. The number of ether oxygens (including phenoxy) is 2. The Labute approximate surface area is 163 Å². The van der Waals surface area contributed by atoms with E-state index >= 15 is 0 Å². The molecule has 26 heavy (non-hydrogen) atoms. The molecule has 0 spiro atoms. The standard InChI is InChI=1S/C20H22ClNO3S/c1-24-17-3-2-4-18(11-17)26-13-19(23)22-20(9-10-25-14-20)12-15-5-7-16(21)8-6-15/h2-8,11H,9-10,12-14H2,1H3,(H,22,23). The third-order valence-corrected chi connectivity index (χ3v) is 5.62. The van der Waals surface area contributed by atoms with Crippen LogP contribution in [0.2, 0.25) is 5.02 Å². The molecule has 0 saturated carbocycles. The maximum Gasteiger partial charge on any atom is 0.230 e. The summed E-state index contributed by atoms with van der Waals surface area (Å²) in [6.07, 6.45) is 1.55. The number of carbonyl (C=O) groups is 1. The molecule has 1 amide bonds. The number of benzene rings is 2. The second-order valence-electron chi connectivity index (χ2n) is 6.40. The van der Waals surface area contributed by atoms with Gasteiger partial charge in [-0.05, 0) is 48.7 Å². The number of methoxy groups -OCH3 is 1. The molecule has 3 rings (SSSR count). The molecule has 2 aromatic carbocycles. The average Bonchev–Trinajstić information content (AvgIpc) is 3.10. The summed E-state index contributed by atoms with van der Waals surface area (Å²) in [5.74, 6) is 1.16. The lowest BCUT2D eigenvalue weighted by Gasteiger charge is -2.29. The molecule has 1 atom stereocenters. The molecule has 1 N–H and O–H groups in total. The summed E-state index contributed by atoms with van der Waals surface area (Å²) >= 11 is 7.46. The van der Waals surface area contributed by atoms with Crippen molar-refractivity contribution in [3.63, 3.8) is 0 Å². The smallest absolute Gasteiger partial charge is 0.230 e. The van der Waals surface area contributed by atoms with Gasteiger partial charge in [-0.1, -0.05) is 29.8 Å². The minimum Gasteiger partial charge on any atom is -0.497 e. The normalized spacial score (nSPS) is 19.3. The van der Waals surface area contributed by atoms with Crippen molar-refractivity contribution >= 4 is 29.3 Å². The number of thioether (sulfide) groups is 1. The molecule has 0 bridgehead atoms. The van der Waals surface area contributed by atoms with Gasteiger partial charge in [-0.3, -0.25) is 4.79 Å². The topological polar surface area (TPSA) is 47.6 Å². The molecule has 0 radical (unpaired) electrons. The molecule has 4 nitrogen and oxygen atoms in total. The fourth-order valence-corrected chi connectivity index (χ4v) is 3.92. The van der Waals surface area contributed by atoms with Crippen molar-refractivity contribution in [3.05, 3.63) is 59.1 Å². The summed E-state index contributed by atoms with van der Waals surface area (Å²) in [6, 6.07) is 15.5. The van der Waals surface area contributed by atoms with Crippen molar-refractivity contribution in [1.29, 1.82) is 0 Å². The predicted octanol–water partition coefficient (Wildman–Crippen LogP) is 3.96. The largest absolute Gasteiger partial charge is 0.497 e. The number of hydrogen-bond acceptors (Lipinski definition) is 4. The van der Waals surface area contributed by atoms with Crippen molar-refractivity contribution in [2.75, 3.05) is 26.1 Å². The number of nitrogens with one attached hydrogen (secondary N) is 1. The van der Waals surface area contributed by atoms with E-state index < -0.39 is 0 Å². The lowest BCUT2D eigenvalue weighted by molar-refractivity contribution is -0.120. The van der Waals surface area contributed by atoms with Gasteiger partial charge in [0.15, 0.2) is 0 Å². The van der Waals surface area contributed by atoms with Crippen LogP contribution in [0.25, 0.3) is 0 Å². The second kappa shape index (κ2) is 8.80. The first-order chi connectivity index (χ1) is 12.6. The van der Waals surface area contributed by atoms with Crippen LogP contribution in [0.15, 0.2) is 53.4 Å². The first-order valence-electron chi connectivity index (χ1n) is 8.49. The number of amides is 1. The van der Waals surface area contributed by atoms with Crippen LogP contribution in [0.3, 0.4) is 0 Å². The van der Waals surface area contributed by atoms with Crippen molar-refractivity contribution in [2.45, 2.75) is 23.3 Å². The van der Waals surface area contributed by atoms with Gasteiger partial charge < -0.3 is 14.8 Å². The molecular formula is C20H22ClNO3S. The molecule has 0 aromatic heterocycles.